The lowest BCUT2D eigenvalue weighted by Crippen LogP contribution is -2.31. The number of amides is 1. The fourth-order valence-electron chi connectivity index (χ4n) is 1.81. The maximum absolute atomic E-state index is 11.8. The zero-order valence-electron chi connectivity index (χ0n) is 8.44. The zero-order valence-corrected chi connectivity index (χ0v) is 8.44. The molecule has 1 aliphatic rings. The van der Waals surface area contributed by atoms with E-state index < -0.39 is 0 Å². The molecular formula is C12H10N2O2. The van der Waals surface area contributed by atoms with E-state index in [-0.39, 0.29) is 11.9 Å². The van der Waals surface area contributed by atoms with Gasteiger partial charge in [0.25, 0.3) is 5.91 Å². The van der Waals surface area contributed by atoms with Gasteiger partial charge in [0.15, 0.2) is 0 Å². The van der Waals surface area contributed by atoms with Crippen LogP contribution in [0.1, 0.15) is 11.6 Å². The smallest absolute Gasteiger partial charge is 0.251 e. The van der Waals surface area contributed by atoms with E-state index in [1.54, 1.807) is 6.26 Å². The van der Waals surface area contributed by atoms with Crippen molar-refractivity contribution in [1.82, 2.24) is 0 Å². The SMILES string of the molecule is O=C1Nc2cocc2NC1c1ccccc1. The van der Waals surface area contributed by atoms with Gasteiger partial charge in [-0.2, -0.15) is 0 Å². The Morgan fingerprint density at radius 3 is 2.62 bits per heavy atom. The summed E-state index contributed by atoms with van der Waals surface area (Å²) < 4.78 is 5.02. The largest absolute Gasteiger partial charge is 0.468 e. The van der Waals surface area contributed by atoms with E-state index in [1.165, 1.54) is 6.26 Å². The summed E-state index contributed by atoms with van der Waals surface area (Å²) in [6.45, 7) is 0. The highest BCUT2D eigenvalue weighted by molar-refractivity contribution is 6.03. The molecule has 4 heteroatoms. The molecule has 0 aliphatic carbocycles. The first kappa shape index (κ1) is 9.03. The number of rotatable bonds is 1. The van der Waals surface area contributed by atoms with Gasteiger partial charge in [-0.15, -0.1) is 0 Å². The molecule has 2 aromatic rings. The van der Waals surface area contributed by atoms with Gasteiger partial charge in [0.1, 0.15) is 24.3 Å². The molecule has 0 radical (unpaired) electrons. The highest BCUT2D eigenvalue weighted by atomic mass is 16.3. The molecule has 1 amide bonds. The first-order valence-corrected chi connectivity index (χ1v) is 5.03. The summed E-state index contributed by atoms with van der Waals surface area (Å²) in [5.74, 6) is -0.0694. The standard InChI is InChI=1S/C12H10N2O2/c15-12-11(8-4-2-1-3-5-8)13-9-6-16-7-10(9)14-12/h1-7,11,13H,(H,14,15). The van der Waals surface area contributed by atoms with Crippen LogP contribution < -0.4 is 10.6 Å². The second-order valence-corrected chi connectivity index (χ2v) is 3.68. The summed E-state index contributed by atoms with van der Waals surface area (Å²) in [4.78, 5) is 11.8. The quantitative estimate of drug-likeness (QED) is 0.766. The number of nitrogens with one attached hydrogen (secondary N) is 2. The van der Waals surface area contributed by atoms with Gasteiger partial charge in [-0.25, -0.2) is 0 Å². The van der Waals surface area contributed by atoms with Gasteiger partial charge in [-0.05, 0) is 5.56 Å². The topological polar surface area (TPSA) is 54.3 Å². The molecule has 0 spiro atoms. The summed E-state index contributed by atoms with van der Waals surface area (Å²) in [5.41, 5.74) is 2.44. The van der Waals surface area contributed by atoms with Crippen molar-refractivity contribution in [2.45, 2.75) is 6.04 Å². The van der Waals surface area contributed by atoms with Crippen LogP contribution in [-0.2, 0) is 4.79 Å². The zero-order chi connectivity index (χ0) is 11.0. The van der Waals surface area contributed by atoms with E-state index in [4.69, 9.17) is 4.42 Å². The van der Waals surface area contributed by atoms with Gasteiger partial charge in [-0.3, -0.25) is 4.79 Å². The maximum Gasteiger partial charge on any atom is 0.251 e. The third-order valence-corrected chi connectivity index (χ3v) is 2.61. The number of furan rings is 1. The highest BCUT2D eigenvalue weighted by Gasteiger charge is 2.27. The van der Waals surface area contributed by atoms with Crippen LogP contribution in [0.2, 0.25) is 0 Å². The lowest BCUT2D eigenvalue weighted by atomic mass is 10.0. The number of hydrogen-bond acceptors (Lipinski definition) is 3. The molecule has 0 saturated heterocycles. The second kappa shape index (κ2) is 3.41. The molecule has 2 N–H and O–H groups in total. The molecule has 1 atom stereocenters. The lowest BCUT2D eigenvalue weighted by molar-refractivity contribution is -0.117. The minimum absolute atomic E-state index is 0.0694. The Morgan fingerprint density at radius 1 is 1.06 bits per heavy atom. The molecule has 0 saturated carbocycles. The minimum Gasteiger partial charge on any atom is -0.468 e. The lowest BCUT2D eigenvalue weighted by Gasteiger charge is -2.24. The summed E-state index contributed by atoms with van der Waals surface area (Å²) in [6, 6.07) is 9.23. The van der Waals surface area contributed by atoms with Crippen molar-refractivity contribution in [2.75, 3.05) is 10.6 Å². The van der Waals surface area contributed by atoms with Crippen LogP contribution >= 0.6 is 0 Å². The van der Waals surface area contributed by atoms with Crippen molar-refractivity contribution in [1.29, 1.82) is 0 Å². The number of benzene rings is 1. The van der Waals surface area contributed by atoms with E-state index >= 15 is 0 Å². The highest BCUT2D eigenvalue weighted by Crippen LogP contribution is 2.32. The van der Waals surface area contributed by atoms with E-state index in [0.717, 1.165) is 11.3 Å². The summed E-state index contributed by atoms with van der Waals surface area (Å²) in [6.07, 6.45) is 3.10. The average Bonchev–Trinajstić information content (AvgIpc) is 2.76. The fraction of sp³-hybridized carbons (Fsp3) is 0.0833. The van der Waals surface area contributed by atoms with E-state index in [1.807, 2.05) is 30.3 Å². The van der Waals surface area contributed by atoms with Crippen LogP contribution in [0.25, 0.3) is 0 Å². The predicted octanol–water partition coefficient (Wildman–Crippen LogP) is 2.38. The van der Waals surface area contributed by atoms with Gasteiger partial charge in [0.05, 0.1) is 5.69 Å². The van der Waals surface area contributed by atoms with Crippen molar-refractivity contribution in [2.24, 2.45) is 0 Å². The first-order valence-electron chi connectivity index (χ1n) is 5.03. The molecule has 1 aliphatic heterocycles. The third kappa shape index (κ3) is 1.35. The van der Waals surface area contributed by atoms with Crippen LogP contribution in [0.5, 0.6) is 0 Å². The fourth-order valence-corrected chi connectivity index (χ4v) is 1.81. The average molecular weight is 214 g/mol. The van der Waals surface area contributed by atoms with Crippen LogP contribution in [0.15, 0.2) is 47.3 Å². The monoisotopic (exact) mass is 214 g/mol. The summed E-state index contributed by atoms with van der Waals surface area (Å²) in [7, 11) is 0. The van der Waals surface area contributed by atoms with E-state index in [9.17, 15) is 4.79 Å². The van der Waals surface area contributed by atoms with Gasteiger partial charge in [0, 0.05) is 0 Å². The Labute approximate surface area is 92.3 Å². The Hall–Kier alpha value is -2.23. The molecule has 16 heavy (non-hydrogen) atoms. The van der Waals surface area contributed by atoms with Gasteiger partial charge in [-0.1, -0.05) is 30.3 Å². The maximum atomic E-state index is 11.8. The Kier molecular flexibility index (Phi) is 1.93. The Balaban J connectivity index is 1.97. The Morgan fingerprint density at radius 2 is 1.81 bits per heavy atom. The number of carbonyl (C=O) groups is 1. The molecule has 2 heterocycles. The molecule has 0 bridgehead atoms. The predicted molar refractivity (Wildman–Crippen MR) is 60.1 cm³/mol. The van der Waals surface area contributed by atoms with E-state index in [0.29, 0.717) is 5.69 Å². The van der Waals surface area contributed by atoms with Gasteiger partial charge >= 0.3 is 0 Å². The summed E-state index contributed by atoms with van der Waals surface area (Å²) in [5, 5.41) is 5.93. The molecular weight excluding hydrogens is 204 g/mol. The first-order chi connectivity index (χ1) is 7.84. The van der Waals surface area contributed by atoms with Crippen molar-refractivity contribution in [3.05, 3.63) is 48.4 Å². The molecule has 4 nitrogen and oxygen atoms in total. The Bertz CT molecular complexity index is 519. The summed E-state index contributed by atoms with van der Waals surface area (Å²) >= 11 is 0. The molecule has 80 valence electrons. The van der Waals surface area contributed by atoms with Crippen LogP contribution in [0, 0.1) is 0 Å². The van der Waals surface area contributed by atoms with Crippen LogP contribution in [-0.4, -0.2) is 5.91 Å². The van der Waals surface area contributed by atoms with Crippen molar-refractivity contribution in [3.63, 3.8) is 0 Å². The third-order valence-electron chi connectivity index (χ3n) is 2.61. The number of hydrogen-bond donors (Lipinski definition) is 2. The van der Waals surface area contributed by atoms with Gasteiger partial charge in [0.2, 0.25) is 0 Å². The van der Waals surface area contributed by atoms with E-state index in [2.05, 4.69) is 10.6 Å². The molecule has 0 fully saturated rings. The normalized spacial score (nSPS) is 18.5. The number of fused-ring (bicyclic) bond motifs is 1. The molecule has 3 rings (SSSR count). The van der Waals surface area contributed by atoms with Crippen molar-refractivity contribution < 1.29 is 9.21 Å². The molecule has 1 aromatic carbocycles. The molecule has 1 unspecified atom stereocenters. The van der Waals surface area contributed by atoms with Crippen molar-refractivity contribution in [3.8, 4) is 0 Å². The van der Waals surface area contributed by atoms with Gasteiger partial charge < -0.3 is 15.1 Å². The van der Waals surface area contributed by atoms with Crippen molar-refractivity contribution >= 4 is 17.3 Å². The second-order valence-electron chi connectivity index (χ2n) is 3.68. The minimum atomic E-state index is -0.355. The molecule has 1 aromatic heterocycles. The van der Waals surface area contributed by atoms with Crippen LogP contribution in [0.4, 0.5) is 11.4 Å². The van der Waals surface area contributed by atoms with Crippen LogP contribution in [0.3, 0.4) is 0 Å². The number of carbonyl (C=O) groups excluding carboxylic acids is 1. The number of anilines is 2.